The molecule has 0 saturated carbocycles. The van der Waals surface area contributed by atoms with Gasteiger partial charge in [-0.25, -0.2) is 0 Å². The van der Waals surface area contributed by atoms with Crippen LogP contribution in [-0.4, -0.2) is 17.1 Å². The summed E-state index contributed by atoms with van der Waals surface area (Å²) in [5.74, 6) is 1.81. The lowest BCUT2D eigenvalue weighted by atomic mass is 9.81. The summed E-state index contributed by atoms with van der Waals surface area (Å²) in [7, 11) is 0. The van der Waals surface area contributed by atoms with Crippen molar-refractivity contribution in [2.45, 2.75) is 77.2 Å². The first-order valence-electron chi connectivity index (χ1n) is 13.1. The quantitative estimate of drug-likeness (QED) is 0.280. The number of aryl methyl sites for hydroxylation is 1. The van der Waals surface area contributed by atoms with E-state index in [1.165, 1.54) is 48.6 Å². The fourth-order valence-corrected chi connectivity index (χ4v) is 5.21. The van der Waals surface area contributed by atoms with Gasteiger partial charge in [0.25, 0.3) is 0 Å². The van der Waals surface area contributed by atoms with Crippen LogP contribution in [0.5, 0.6) is 5.75 Å². The second-order valence-corrected chi connectivity index (χ2v) is 10.1. The van der Waals surface area contributed by atoms with Gasteiger partial charge in [0.15, 0.2) is 0 Å². The molecular weight excluding hydrogens is 416 g/mol. The third-order valence-corrected chi connectivity index (χ3v) is 7.42. The van der Waals surface area contributed by atoms with Crippen LogP contribution in [0.2, 0.25) is 0 Å². The van der Waals surface area contributed by atoms with Crippen molar-refractivity contribution < 1.29 is 4.74 Å². The van der Waals surface area contributed by atoms with Crippen molar-refractivity contribution in [1.82, 2.24) is 10.3 Å². The highest BCUT2D eigenvalue weighted by Gasteiger charge is 2.36. The minimum Gasteiger partial charge on any atom is -0.487 e. The number of nitrogens with zero attached hydrogens (tertiary/aromatic N) is 1. The second kappa shape index (κ2) is 11.6. The molecule has 3 heteroatoms. The molecule has 0 saturated heterocycles. The Morgan fingerprint density at radius 3 is 2.82 bits per heavy atom. The van der Waals surface area contributed by atoms with E-state index in [1.54, 1.807) is 6.20 Å². The topological polar surface area (TPSA) is 34.2 Å². The predicted molar refractivity (Wildman–Crippen MR) is 144 cm³/mol. The Hall–Kier alpha value is -2.81. The lowest BCUT2D eigenvalue weighted by Gasteiger charge is -2.40. The molecule has 1 aromatic heterocycles. The SMILES string of the molecule is C=CNCCC1(CCC(C)CCCCC)CCc2cc(-c3cnc4ccccc4c3)ccc2O1. The van der Waals surface area contributed by atoms with E-state index in [0.717, 1.165) is 55.0 Å². The summed E-state index contributed by atoms with van der Waals surface area (Å²) in [6, 6.07) is 17.2. The van der Waals surface area contributed by atoms with Crippen molar-refractivity contribution in [3.05, 3.63) is 73.1 Å². The van der Waals surface area contributed by atoms with Crippen molar-refractivity contribution in [2.24, 2.45) is 5.92 Å². The predicted octanol–water partition coefficient (Wildman–Crippen LogP) is 8.09. The maximum absolute atomic E-state index is 6.81. The number of fused-ring (bicyclic) bond motifs is 2. The lowest BCUT2D eigenvalue weighted by molar-refractivity contribution is 0.0242. The average molecular weight is 457 g/mol. The Morgan fingerprint density at radius 1 is 1.09 bits per heavy atom. The molecule has 2 atom stereocenters. The van der Waals surface area contributed by atoms with Gasteiger partial charge in [-0.1, -0.05) is 70.4 Å². The van der Waals surface area contributed by atoms with Crippen LogP contribution >= 0.6 is 0 Å². The highest BCUT2D eigenvalue weighted by atomic mass is 16.5. The summed E-state index contributed by atoms with van der Waals surface area (Å²) in [6.45, 7) is 9.41. The first-order valence-corrected chi connectivity index (χ1v) is 13.1. The molecule has 0 bridgehead atoms. The third kappa shape index (κ3) is 6.00. The normalized spacial score (nSPS) is 18.2. The molecule has 1 aliphatic rings. The lowest BCUT2D eigenvalue weighted by Crippen LogP contribution is -2.42. The van der Waals surface area contributed by atoms with Gasteiger partial charge in [0, 0.05) is 30.1 Å². The molecule has 34 heavy (non-hydrogen) atoms. The van der Waals surface area contributed by atoms with Crippen molar-refractivity contribution in [1.29, 1.82) is 0 Å². The number of ether oxygens (including phenoxy) is 1. The van der Waals surface area contributed by atoms with Gasteiger partial charge in [0.05, 0.1) is 5.52 Å². The Balaban J connectivity index is 1.49. The van der Waals surface area contributed by atoms with E-state index in [1.807, 2.05) is 12.3 Å². The zero-order valence-corrected chi connectivity index (χ0v) is 21.0. The van der Waals surface area contributed by atoms with Crippen LogP contribution in [0, 0.1) is 5.92 Å². The van der Waals surface area contributed by atoms with Gasteiger partial charge in [-0.3, -0.25) is 4.98 Å². The molecule has 4 rings (SSSR count). The number of nitrogens with one attached hydrogen (secondary N) is 1. The van der Waals surface area contributed by atoms with E-state index in [2.05, 4.69) is 73.2 Å². The van der Waals surface area contributed by atoms with Crippen molar-refractivity contribution in [3.8, 4) is 16.9 Å². The fourth-order valence-electron chi connectivity index (χ4n) is 5.21. The Bertz CT molecular complexity index is 1090. The summed E-state index contributed by atoms with van der Waals surface area (Å²) in [4.78, 5) is 4.66. The van der Waals surface area contributed by atoms with Crippen LogP contribution < -0.4 is 10.1 Å². The molecule has 1 aliphatic heterocycles. The zero-order chi connectivity index (χ0) is 23.8. The molecule has 0 amide bonds. The smallest absolute Gasteiger partial charge is 0.123 e. The third-order valence-electron chi connectivity index (χ3n) is 7.42. The van der Waals surface area contributed by atoms with Crippen molar-refractivity contribution in [2.75, 3.05) is 6.54 Å². The van der Waals surface area contributed by atoms with Gasteiger partial charge in [-0.05, 0) is 73.2 Å². The summed E-state index contributed by atoms with van der Waals surface area (Å²) in [6.07, 6.45) is 14.6. The largest absolute Gasteiger partial charge is 0.487 e. The maximum atomic E-state index is 6.81. The molecule has 0 spiro atoms. The molecule has 2 unspecified atom stereocenters. The van der Waals surface area contributed by atoms with Gasteiger partial charge in [-0.15, -0.1) is 0 Å². The minimum absolute atomic E-state index is 0.0892. The van der Waals surface area contributed by atoms with Gasteiger partial charge in [0.1, 0.15) is 11.4 Å². The van der Waals surface area contributed by atoms with Crippen LogP contribution in [0.15, 0.2) is 67.5 Å². The summed E-state index contributed by atoms with van der Waals surface area (Å²) < 4.78 is 6.81. The molecule has 0 radical (unpaired) electrons. The van der Waals surface area contributed by atoms with Crippen LogP contribution in [0.4, 0.5) is 0 Å². The van der Waals surface area contributed by atoms with Crippen LogP contribution in [0.25, 0.3) is 22.0 Å². The Kier molecular flexibility index (Phi) is 8.26. The van der Waals surface area contributed by atoms with Gasteiger partial charge in [-0.2, -0.15) is 0 Å². The molecule has 1 N–H and O–H groups in total. The monoisotopic (exact) mass is 456 g/mol. The molecule has 3 nitrogen and oxygen atoms in total. The molecule has 2 heterocycles. The van der Waals surface area contributed by atoms with E-state index < -0.39 is 0 Å². The highest BCUT2D eigenvalue weighted by Crippen LogP contribution is 2.40. The number of benzene rings is 2. The molecular formula is C31H40N2O. The van der Waals surface area contributed by atoms with Crippen molar-refractivity contribution in [3.63, 3.8) is 0 Å². The van der Waals surface area contributed by atoms with E-state index in [9.17, 15) is 0 Å². The van der Waals surface area contributed by atoms with Crippen LogP contribution in [0.3, 0.4) is 0 Å². The summed E-state index contributed by atoms with van der Waals surface area (Å²) in [5.41, 5.74) is 4.64. The Morgan fingerprint density at radius 2 is 1.97 bits per heavy atom. The fraction of sp³-hybridized carbons (Fsp3) is 0.452. The van der Waals surface area contributed by atoms with Crippen molar-refractivity contribution >= 4 is 10.9 Å². The zero-order valence-electron chi connectivity index (χ0n) is 21.0. The number of hydrogen-bond donors (Lipinski definition) is 1. The molecule has 0 aliphatic carbocycles. The van der Waals surface area contributed by atoms with Gasteiger partial charge < -0.3 is 10.1 Å². The van der Waals surface area contributed by atoms with Crippen LogP contribution in [-0.2, 0) is 6.42 Å². The number of pyridine rings is 1. The van der Waals surface area contributed by atoms with Crippen LogP contribution in [0.1, 0.15) is 70.8 Å². The number of hydrogen-bond acceptors (Lipinski definition) is 3. The molecule has 0 fully saturated rings. The summed E-state index contributed by atoms with van der Waals surface area (Å²) in [5, 5.41) is 4.47. The first kappa shape index (κ1) is 24.3. The van der Waals surface area contributed by atoms with E-state index >= 15 is 0 Å². The van der Waals surface area contributed by atoms with E-state index in [4.69, 9.17) is 4.74 Å². The minimum atomic E-state index is -0.0892. The molecule has 2 aromatic carbocycles. The van der Waals surface area contributed by atoms with E-state index in [-0.39, 0.29) is 5.60 Å². The van der Waals surface area contributed by atoms with E-state index in [0.29, 0.717) is 0 Å². The standard InChI is InChI=1S/C31H40N2O/c1-4-6-7-10-24(3)15-17-31(19-20-32-5-2)18-16-27-21-25(13-14-30(27)34-31)28-22-26-11-8-9-12-29(26)33-23-28/h5,8-9,11-14,21-24,32H,2,4,6-7,10,15-20H2,1,3H3. The first-order chi connectivity index (χ1) is 16.6. The Labute approximate surface area is 205 Å². The number of rotatable bonds is 12. The number of aromatic nitrogens is 1. The highest BCUT2D eigenvalue weighted by molar-refractivity contribution is 5.83. The number of para-hydroxylation sites is 1. The average Bonchev–Trinajstić information content (AvgIpc) is 2.87. The number of unbranched alkanes of at least 4 members (excludes halogenated alkanes) is 2. The second-order valence-electron chi connectivity index (χ2n) is 10.1. The molecule has 3 aromatic rings. The maximum Gasteiger partial charge on any atom is 0.123 e. The summed E-state index contributed by atoms with van der Waals surface area (Å²) >= 11 is 0. The molecule has 180 valence electrons. The van der Waals surface area contributed by atoms with Gasteiger partial charge in [0.2, 0.25) is 0 Å². The van der Waals surface area contributed by atoms with Gasteiger partial charge >= 0.3 is 0 Å².